The van der Waals surface area contributed by atoms with Gasteiger partial charge in [0.15, 0.2) is 0 Å². The summed E-state index contributed by atoms with van der Waals surface area (Å²) in [4.78, 5) is 0. The van der Waals surface area contributed by atoms with Gasteiger partial charge in [-0.1, -0.05) is 52.9 Å². The molecule has 0 spiro atoms. The van der Waals surface area contributed by atoms with Gasteiger partial charge in [0.2, 0.25) is 0 Å². The summed E-state index contributed by atoms with van der Waals surface area (Å²) >= 11 is 2.07. The van der Waals surface area contributed by atoms with Gasteiger partial charge in [-0.25, -0.2) is 0 Å². The van der Waals surface area contributed by atoms with Crippen LogP contribution in [0, 0.1) is 41.4 Å². The second kappa shape index (κ2) is 7.49. The highest BCUT2D eigenvalue weighted by atomic mass is 32.2. The van der Waals surface area contributed by atoms with Crippen molar-refractivity contribution < 1.29 is 0 Å². The lowest BCUT2D eigenvalue weighted by atomic mass is 9.32. The quantitative estimate of drug-likeness (QED) is 0.434. The first kappa shape index (κ1) is 17.2. The van der Waals surface area contributed by atoms with Crippen molar-refractivity contribution in [3.63, 3.8) is 0 Å². The van der Waals surface area contributed by atoms with Gasteiger partial charge in [0, 0.05) is 5.25 Å². The molecule has 0 aromatic rings. The van der Waals surface area contributed by atoms with Gasteiger partial charge in [0.25, 0.3) is 0 Å². The number of thioether (sulfide) groups is 1. The van der Waals surface area contributed by atoms with Crippen LogP contribution in [0.25, 0.3) is 0 Å². The molecule has 0 aliphatic heterocycles. The zero-order valence-electron chi connectivity index (χ0n) is 15.4. The summed E-state index contributed by atoms with van der Waals surface area (Å²) < 4.78 is 0. The van der Waals surface area contributed by atoms with Crippen LogP contribution in [0.4, 0.5) is 0 Å². The van der Waals surface area contributed by atoms with Crippen molar-refractivity contribution in [1.29, 1.82) is 0 Å². The maximum Gasteiger partial charge on any atom is 0.00185 e. The molecule has 0 saturated heterocycles. The van der Waals surface area contributed by atoms with Crippen LogP contribution in [-0.2, 0) is 0 Å². The Morgan fingerprint density at radius 1 is 1.00 bits per heavy atom. The van der Waals surface area contributed by atoms with Gasteiger partial charge in [-0.15, -0.1) is 0 Å². The fourth-order valence-electron chi connectivity index (χ4n) is 6.36. The first-order valence-corrected chi connectivity index (χ1v) is 11.5. The minimum absolute atomic E-state index is 0.864. The Morgan fingerprint density at radius 2 is 1.68 bits per heavy atom. The van der Waals surface area contributed by atoms with E-state index in [1.165, 1.54) is 62.2 Å². The van der Waals surface area contributed by atoms with E-state index in [2.05, 4.69) is 38.8 Å². The summed E-state index contributed by atoms with van der Waals surface area (Å²) in [6.07, 6.45) is 15.8. The van der Waals surface area contributed by atoms with Crippen LogP contribution >= 0.6 is 11.8 Å². The Morgan fingerprint density at radius 3 is 2.32 bits per heavy atom. The summed E-state index contributed by atoms with van der Waals surface area (Å²) in [5.74, 6) is 8.04. The van der Waals surface area contributed by atoms with E-state index in [9.17, 15) is 0 Å². The maximum atomic E-state index is 2.44. The SMILES string of the molecule is CCCCC(CC(C)SC)CC1CC2C3CC(CCC)C3C12. The number of rotatable bonds is 10. The highest BCUT2D eigenvalue weighted by molar-refractivity contribution is 7.99. The van der Waals surface area contributed by atoms with Gasteiger partial charge in [0.1, 0.15) is 0 Å². The van der Waals surface area contributed by atoms with E-state index in [1.807, 2.05) is 0 Å². The van der Waals surface area contributed by atoms with Crippen LogP contribution < -0.4 is 0 Å². The van der Waals surface area contributed by atoms with Crippen molar-refractivity contribution in [2.45, 2.75) is 83.8 Å². The molecule has 1 heteroatoms. The second-order valence-electron chi connectivity index (χ2n) is 8.79. The molecule has 0 amide bonds. The third-order valence-corrected chi connectivity index (χ3v) is 8.55. The van der Waals surface area contributed by atoms with Crippen LogP contribution in [0.3, 0.4) is 0 Å². The van der Waals surface area contributed by atoms with Crippen molar-refractivity contribution in [3.8, 4) is 0 Å². The molecule has 3 rings (SSSR count). The molecule has 128 valence electrons. The average molecular weight is 323 g/mol. The fourth-order valence-corrected chi connectivity index (χ4v) is 6.83. The number of fused-ring (bicyclic) bond motifs is 4. The van der Waals surface area contributed by atoms with Crippen molar-refractivity contribution in [3.05, 3.63) is 0 Å². The van der Waals surface area contributed by atoms with E-state index in [-0.39, 0.29) is 0 Å². The minimum atomic E-state index is 0.864. The fraction of sp³-hybridized carbons (Fsp3) is 1.00. The highest BCUT2D eigenvalue weighted by Gasteiger charge is 2.66. The lowest BCUT2D eigenvalue weighted by Crippen LogP contribution is -2.67. The molecular weight excluding hydrogens is 284 g/mol. The molecule has 0 heterocycles. The molecule has 3 saturated carbocycles. The monoisotopic (exact) mass is 322 g/mol. The molecule has 3 aliphatic carbocycles. The highest BCUT2D eigenvalue weighted by Crippen LogP contribution is 2.73. The van der Waals surface area contributed by atoms with Gasteiger partial charge in [-0.2, -0.15) is 11.8 Å². The van der Waals surface area contributed by atoms with Gasteiger partial charge in [-0.05, 0) is 73.4 Å². The lowest BCUT2D eigenvalue weighted by molar-refractivity contribution is -0.245. The van der Waals surface area contributed by atoms with E-state index < -0.39 is 0 Å². The number of unbranched alkanes of at least 4 members (excludes halogenated alkanes) is 1. The predicted octanol–water partition coefficient (Wildman–Crippen LogP) is 6.64. The van der Waals surface area contributed by atoms with E-state index in [0.717, 1.165) is 23.0 Å². The van der Waals surface area contributed by atoms with Gasteiger partial charge in [0.05, 0.1) is 0 Å². The molecule has 8 unspecified atom stereocenters. The Labute approximate surface area is 143 Å². The van der Waals surface area contributed by atoms with Crippen molar-refractivity contribution >= 4 is 11.8 Å². The third-order valence-electron chi connectivity index (χ3n) is 7.55. The van der Waals surface area contributed by atoms with E-state index in [4.69, 9.17) is 0 Å². The summed E-state index contributed by atoms with van der Waals surface area (Å²) in [6, 6.07) is 0. The Kier molecular flexibility index (Phi) is 5.85. The summed E-state index contributed by atoms with van der Waals surface area (Å²) in [7, 11) is 0. The van der Waals surface area contributed by atoms with E-state index in [1.54, 1.807) is 19.3 Å². The topological polar surface area (TPSA) is 0 Å². The number of hydrogen-bond donors (Lipinski definition) is 0. The van der Waals surface area contributed by atoms with E-state index in [0.29, 0.717) is 0 Å². The Bertz CT molecular complexity index is 352. The summed E-state index contributed by atoms with van der Waals surface area (Å²) in [5, 5.41) is 0.864. The summed E-state index contributed by atoms with van der Waals surface area (Å²) in [6.45, 7) is 7.18. The molecule has 22 heavy (non-hydrogen) atoms. The third kappa shape index (κ3) is 3.13. The molecule has 0 aromatic carbocycles. The standard InChI is InChI=1S/C21H38S/c1-5-7-9-15(10-14(3)22-4)11-17-13-19-18-12-16(8-6-2)20(18)21(17)19/h14-21H,5-13H2,1-4H3. The largest absolute Gasteiger partial charge is 0.162 e. The van der Waals surface area contributed by atoms with E-state index >= 15 is 0 Å². The second-order valence-corrected chi connectivity index (χ2v) is 10.1. The maximum absolute atomic E-state index is 2.44. The van der Waals surface area contributed by atoms with Gasteiger partial charge < -0.3 is 0 Å². The minimum Gasteiger partial charge on any atom is -0.162 e. The first-order valence-electron chi connectivity index (χ1n) is 10.2. The van der Waals surface area contributed by atoms with Gasteiger partial charge in [-0.3, -0.25) is 0 Å². The first-order chi connectivity index (χ1) is 10.7. The Balaban J connectivity index is 1.49. The molecule has 0 bridgehead atoms. The molecule has 0 aromatic heterocycles. The van der Waals surface area contributed by atoms with Crippen LogP contribution in [-0.4, -0.2) is 11.5 Å². The molecule has 0 N–H and O–H groups in total. The number of hydrogen-bond acceptors (Lipinski definition) is 1. The average Bonchev–Trinajstić information content (AvgIpc) is 2.50. The van der Waals surface area contributed by atoms with Crippen LogP contribution in [0.15, 0.2) is 0 Å². The van der Waals surface area contributed by atoms with Crippen LogP contribution in [0.1, 0.15) is 78.6 Å². The normalized spacial score (nSPS) is 41.5. The molecular formula is C21H38S. The predicted molar refractivity (Wildman–Crippen MR) is 100 cm³/mol. The van der Waals surface area contributed by atoms with Crippen LogP contribution in [0.2, 0.25) is 0 Å². The van der Waals surface area contributed by atoms with Crippen molar-refractivity contribution in [1.82, 2.24) is 0 Å². The molecule has 0 radical (unpaired) electrons. The zero-order valence-corrected chi connectivity index (χ0v) is 16.2. The molecule has 0 nitrogen and oxygen atoms in total. The molecule has 3 aliphatic rings. The van der Waals surface area contributed by atoms with Gasteiger partial charge >= 0.3 is 0 Å². The summed E-state index contributed by atoms with van der Waals surface area (Å²) in [5.41, 5.74) is 0. The van der Waals surface area contributed by atoms with Crippen molar-refractivity contribution in [2.75, 3.05) is 6.26 Å². The smallest absolute Gasteiger partial charge is 0.00185 e. The molecule has 3 fully saturated rings. The van der Waals surface area contributed by atoms with Crippen molar-refractivity contribution in [2.24, 2.45) is 41.4 Å². The molecule has 8 atom stereocenters. The lowest BCUT2D eigenvalue weighted by Gasteiger charge is -2.73. The zero-order chi connectivity index (χ0) is 15.7. The Hall–Kier alpha value is 0.350. The van der Waals surface area contributed by atoms with Crippen LogP contribution in [0.5, 0.6) is 0 Å².